The first kappa shape index (κ1) is 25.8. The van der Waals surface area contributed by atoms with Crippen molar-refractivity contribution in [2.45, 2.75) is 39.3 Å². The zero-order valence-corrected chi connectivity index (χ0v) is 18.7. The van der Waals surface area contributed by atoms with Crippen LogP contribution in [0.4, 0.5) is 9.59 Å². The summed E-state index contributed by atoms with van der Waals surface area (Å²) in [6, 6.07) is 12.8. The summed E-state index contributed by atoms with van der Waals surface area (Å²) in [4.78, 5) is 23.9. The summed E-state index contributed by atoms with van der Waals surface area (Å²) < 4.78 is 20.1. The van der Waals surface area contributed by atoms with Crippen LogP contribution in [0.5, 0.6) is 11.5 Å². The number of benzene rings is 2. The van der Waals surface area contributed by atoms with Gasteiger partial charge in [-0.1, -0.05) is 36.4 Å². The van der Waals surface area contributed by atoms with Crippen LogP contribution in [-0.4, -0.2) is 54.6 Å². The molecule has 1 atom stereocenters. The van der Waals surface area contributed by atoms with E-state index in [-0.39, 0.29) is 37.8 Å². The SMILES string of the molecule is CCOC(=O)OC(OC(=O)OCC)C(CNCc1ccccc1O)NCc1ccccc1O. The molecule has 10 nitrogen and oxygen atoms in total. The van der Waals surface area contributed by atoms with Crippen molar-refractivity contribution >= 4 is 12.3 Å². The Balaban J connectivity index is 2.16. The van der Waals surface area contributed by atoms with E-state index in [1.165, 1.54) is 0 Å². The van der Waals surface area contributed by atoms with Gasteiger partial charge in [-0.3, -0.25) is 0 Å². The second-order valence-corrected chi connectivity index (χ2v) is 6.85. The Kier molecular flexibility index (Phi) is 10.8. The van der Waals surface area contributed by atoms with Crippen LogP contribution in [-0.2, 0) is 32.0 Å². The Bertz CT molecular complexity index is 872. The van der Waals surface area contributed by atoms with Gasteiger partial charge in [-0.2, -0.15) is 0 Å². The van der Waals surface area contributed by atoms with E-state index in [1.807, 2.05) is 0 Å². The van der Waals surface area contributed by atoms with E-state index >= 15 is 0 Å². The van der Waals surface area contributed by atoms with Crippen LogP contribution in [0.15, 0.2) is 48.5 Å². The normalized spacial score (nSPS) is 11.6. The molecule has 33 heavy (non-hydrogen) atoms. The molecular formula is C23H30N2O8. The third-order valence-electron chi connectivity index (χ3n) is 4.50. The van der Waals surface area contributed by atoms with Crippen LogP contribution in [0.1, 0.15) is 25.0 Å². The van der Waals surface area contributed by atoms with Crippen molar-refractivity contribution in [3.8, 4) is 11.5 Å². The maximum absolute atomic E-state index is 12.0. The van der Waals surface area contributed by atoms with Crippen LogP contribution in [0.3, 0.4) is 0 Å². The standard InChI is InChI=1S/C23H30N2O8/c1-3-30-22(28)32-21(33-23(29)31-4-2)18(25-14-17-10-6-8-12-20(17)27)15-24-13-16-9-5-7-11-19(16)26/h5-12,18,21,24-27H,3-4,13-15H2,1-2H3. The minimum absolute atomic E-state index is 0.0759. The summed E-state index contributed by atoms with van der Waals surface area (Å²) in [6.45, 7) is 4.02. The number of rotatable bonds is 12. The minimum atomic E-state index is -1.40. The van der Waals surface area contributed by atoms with Crippen molar-refractivity contribution in [1.29, 1.82) is 0 Å². The lowest BCUT2D eigenvalue weighted by Crippen LogP contribution is -2.50. The molecule has 0 saturated heterocycles. The smallest absolute Gasteiger partial charge is 0.508 e. The van der Waals surface area contributed by atoms with Crippen molar-refractivity contribution < 1.29 is 38.7 Å². The van der Waals surface area contributed by atoms with Gasteiger partial charge in [0.25, 0.3) is 6.29 Å². The maximum Gasteiger partial charge on any atom is 0.511 e. The van der Waals surface area contributed by atoms with Crippen LogP contribution in [0.2, 0.25) is 0 Å². The maximum atomic E-state index is 12.0. The van der Waals surface area contributed by atoms with E-state index < -0.39 is 24.6 Å². The predicted octanol–water partition coefficient (Wildman–Crippen LogP) is 3.02. The number of hydrogen-bond donors (Lipinski definition) is 4. The molecule has 0 spiro atoms. The van der Waals surface area contributed by atoms with Gasteiger partial charge < -0.3 is 39.8 Å². The molecule has 0 radical (unpaired) electrons. The number of para-hydroxylation sites is 2. The lowest BCUT2D eigenvalue weighted by molar-refractivity contribution is -0.119. The first-order valence-electron chi connectivity index (χ1n) is 10.6. The molecule has 2 aromatic carbocycles. The van der Waals surface area contributed by atoms with E-state index in [4.69, 9.17) is 18.9 Å². The number of phenols is 2. The van der Waals surface area contributed by atoms with Gasteiger partial charge in [-0.15, -0.1) is 0 Å². The fraction of sp³-hybridized carbons (Fsp3) is 0.391. The molecular weight excluding hydrogens is 432 g/mol. The zero-order chi connectivity index (χ0) is 24.1. The second kappa shape index (κ2) is 13.8. The van der Waals surface area contributed by atoms with Crippen molar-refractivity contribution in [3.05, 3.63) is 59.7 Å². The van der Waals surface area contributed by atoms with Gasteiger partial charge in [0.1, 0.15) is 11.5 Å². The fourth-order valence-corrected chi connectivity index (χ4v) is 2.87. The van der Waals surface area contributed by atoms with Gasteiger partial charge in [-0.25, -0.2) is 9.59 Å². The molecule has 180 valence electrons. The molecule has 0 aromatic heterocycles. The van der Waals surface area contributed by atoms with Crippen molar-refractivity contribution in [3.63, 3.8) is 0 Å². The van der Waals surface area contributed by atoms with Gasteiger partial charge in [0.05, 0.1) is 19.3 Å². The highest BCUT2D eigenvalue weighted by Crippen LogP contribution is 2.17. The summed E-state index contributed by atoms with van der Waals surface area (Å²) in [5.41, 5.74) is 1.25. The number of phenolic OH excluding ortho intramolecular Hbond substituents is 2. The molecule has 0 aliphatic heterocycles. The van der Waals surface area contributed by atoms with E-state index in [0.29, 0.717) is 17.7 Å². The molecule has 2 rings (SSSR count). The topological polar surface area (TPSA) is 136 Å². The summed E-state index contributed by atoms with van der Waals surface area (Å²) >= 11 is 0. The van der Waals surface area contributed by atoms with E-state index in [0.717, 1.165) is 0 Å². The summed E-state index contributed by atoms with van der Waals surface area (Å²) in [7, 11) is 0. The van der Waals surface area contributed by atoms with Crippen LogP contribution >= 0.6 is 0 Å². The minimum Gasteiger partial charge on any atom is -0.508 e. The molecule has 4 N–H and O–H groups in total. The van der Waals surface area contributed by atoms with Crippen LogP contribution < -0.4 is 10.6 Å². The number of carbonyl (C=O) groups excluding carboxylic acids is 2. The summed E-state index contributed by atoms with van der Waals surface area (Å²) in [5, 5.41) is 26.3. The van der Waals surface area contributed by atoms with Gasteiger partial charge >= 0.3 is 12.3 Å². The quantitative estimate of drug-likeness (QED) is 0.275. The van der Waals surface area contributed by atoms with E-state index in [9.17, 15) is 19.8 Å². The molecule has 2 aromatic rings. The Hall–Kier alpha value is -3.50. The largest absolute Gasteiger partial charge is 0.511 e. The van der Waals surface area contributed by atoms with Crippen LogP contribution in [0.25, 0.3) is 0 Å². The summed E-state index contributed by atoms with van der Waals surface area (Å²) in [5.74, 6) is 0.214. The first-order chi connectivity index (χ1) is 15.9. The Morgan fingerprint density at radius 3 is 1.79 bits per heavy atom. The third kappa shape index (κ3) is 8.87. The molecule has 0 heterocycles. The molecule has 10 heteroatoms. The first-order valence-corrected chi connectivity index (χ1v) is 10.6. The zero-order valence-electron chi connectivity index (χ0n) is 18.7. The molecule has 0 aliphatic carbocycles. The Morgan fingerprint density at radius 2 is 1.30 bits per heavy atom. The monoisotopic (exact) mass is 462 g/mol. The van der Waals surface area contributed by atoms with Crippen molar-refractivity contribution in [2.75, 3.05) is 19.8 Å². The Labute approximate surface area is 192 Å². The van der Waals surface area contributed by atoms with Gasteiger partial charge in [-0.05, 0) is 26.0 Å². The highest BCUT2D eigenvalue weighted by molar-refractivity contribution is 5.62. The molecule has 0 fully saturated rings. The van der Waals surface area contributed by atoms with Crippen molar-refractivity contribution in [1.82, 2.24) is 10.6 Å². The third-order valence-corrected chi connectivity index (χ3v) is 4.50. The molecule has 0 aliphatic rings. The van der Waals surface area contributed by atoms with E-state index in [1.54, 1.807) is 62.4 Å². The number of ether oxygens (including phenoxy) is 4. The molecule has 1 unspecified atom stereocenters. The highest BCUT2D eigenvalue weighted by atomic mass is 16.8. The average Bonchev–Trinajstić information content (AvgIpc) is 2.78. The number of nitrogens with one attached hydrogen (secondary N) is 2. The summed E-state index contributed by atoms with van der Waals surface area (Å²) in [6.07, 6.45) is -3.42. The van der Waals surface area contributed by atoms with Gasteiger partial charge in [0.2, 0.25) is 0 Å². The van der Waals surface area contributed by atoms with E-state index in [2.05, 4.69) is 10.6 Å². The number of aromatic hydroxyl groups is 2. The predicted molar refractivity (Wildman–Crippen MR) is 119 cm³/mol. The highest BCUT2D eigenvalue weighted by Gasteiger charge is 2.30. The average molecular weight is 462 g/mol. The number of carbonyl (C=O) groups is 2. The van der Waals surface area contributed by atoms with Gasteiger partial charge in [0.15, 0.2) is 0 Å². The molecule has 0 saturated carbocycles. The molecule has 0 bridgehead atoms. The van der Waals surface area contributed by atoms with Gasteiger partial charge in [0, 0.05) is 30.8 Å². The van der Waals surface area contributed by atoms with Crippen LogP contribution in [0, 0.1) is 0 Å². The second-order valence-electron chi connectivity index (χ2n) is 6.85. The fourth-order valence-electron chi connectivity index (χ4n) is 2.87. The van der Waals surface area contributed by atoms with Crippen molar-refractivity contribution in [2.24, 2.45) is 0 Å². The molecule has 0 amide bonds. The Morgan fingerprint density at radius 1 is 0.818 bits per heavy atom. The number of hydrogen-bond acceptors (Lipinski definition) is 10. The lowest BCUT2D eigenvalue weighted by Gasteiger charge is -2.27. The lowest BCUT2D eigenvalue weighted by atomic mass is 10.1.